The van der Waals surface area contributed by atoms with E-state index >= 15 is 0 Å². The molecule has 0 bridgehead atoms. The van der Waals surface area contributed by atoms with Gasteiger partial charge in [-0.3, -0.25) is 14.7 Å². The number of aromatic nitrogens is 3. The average Bonchev–Trinajstić information content (AvgIpc) is 3.02. The second-order valence-electron chi connectivity index (χ2n) is 5.69. The topological polar surface area (TPSA) is 114 Å². The number of nitrogens with zero attached hydrogens (tertiary/aromatic N) is 3. The minimum absolute atomic E-state index is 0.0948. The predicted molar refractivity (Wildman–Crippen MR) is 93.3 cm³/mol. The lowest BCUT2D eigenvalue weighted by molar-refractivity contribution is -0.131. The van der Waals surface area contributed by atoms with Gasteiger partial charge in [0.15, 0.2) is 14.6 Å². The van der Waals surface area contributed by atoms with Gasteiger partial charge >= 0.3 is 0 Å². The molecule has 0 spiro atoms. The summed E-state index contributed by atoms with van der Waals surface area (Å²) in [7, 11) is -3.77. The number of carbonyl (C=O) groups is 1. The molecule has 0 aliphatic heterocycles. The highest BCUT2D eigenvalue weighted by atomic mass is 35.5. The molecular weight excluding hydrogens is 391 g/mol. The van der Waals surface area contributed by atoms with Crippen LogP contribution in [0.5, 0.6) is 0 Å². The van der Waals surface area contributed by atoms with E-state index in [0.717, 1.165) is 6.26 Å². The third kappa shape index (κ3) is 4.12. The van der Waals surface area contributed by atoms with Gasteiger partial charge in [0.2, 0.25) is 0 Å². The number of nitrogens with one attached hydrogen (secondary N) is 1. The van der Waals surface area contributed by atoms with Crippen molar-refractivity contribution in [2.45, 2.75) is 24.6 Å². The van der Waals surface area contributed by atoms with Gasteiger partial charge in [0.05, 0.1) is 16.2 Å². The molecule has 11 heteroatoms. The molecule has 0 saturated carbocycles. The smallest absolute Gasteiger partial charge is 0.264 e. The van der Waals surface area contributed by atoms with E-state index in [1.165, 1.54) is 17.1 Å². The van der Waals surface area contributed by atoms with E-state index in [9.17, 15) is 13.2 Å². The highest BCUT2D eigenvalue weighted by molar-refractivity contribution is 7.92. The van der Waals surface area contributed by atoms with Crippen LogP contribution in [0.3, 0.4) is 0 Å². The number of sulfone groups is 1. The fraction of sp³-hybridized carbons (Fsp3) is 0.357. The largest absolute Gasteiger partial charge is 0.289 e. The van der Waals surface area contributed by atoms with Crippen molar-refractivity contribution >= 4 is 38.9 Å². The van der Waals surface area contributed by atoms with Gasteiger partial charge in [-0.2, -0.15) is 0 Å². The minimum Gasteiger partial charge on any atom is -0.289 e. The Morgan fingerprint density at radius 1 is 1.36 bits per heavy atom. The van der Waals surface area contributed by atoms with Crippen LogP contribution in [0.25, 0.3) is 11.3 Å². The number of halogens is 2. The number of hydrogen-bond donors (Lipinski definition) is 2. The lowest BCUT2D eigenvalue weighted by atomic mass is 10.1. The average molecular weight is 407 g/mol. The molecule has 0 aliphatic carbocycles. The summed E-state index contributed by atoms with van der Waals surface area (Å²) in [5, 5.41) is 17.5. The first kappa shape index (κ1) is 19.6. The molecule has 1 aromatic carbocycles. The van der Waals surface area contributed by atoms with Crippen molar-refractivity contribution < 1.29 is 18.4 Å². The Morgan fingerprint density at radius 2 is 2.04 bits per heavy atom. The Morgan fingerprint density at radius 3 is 2.60 bits per heavy atom. The number of hydrogen-bond acceptors (Lipinski definition) is 6. The summed E-state index contributed by atoms with van der Waals surface area (Å²) in [6.45, 7) is 1.34. The van der Waals surface area contributed by atoms with E-state index in [1.54, 1.807) is 24.4 Å². The van der Waals surface area contributed by atoms with Gasteiger partial charge < -0.3 is 0 Å². The van der Waals surface area contributed by atoms with E-state index in [1.807, 2.05) is 0 Å². The standard InChI is InChI=1S/C14H16Cl2N4O4S/c1-14(13(21)18-22,25(2,23)24)5-6-20-8-12(17-19-20)9-3-4-10(15)11(16)7-9/h3-4,7-8,22H,5-6H2,1-2H3,(H,18,21)/t14-/m1/s1. The lowest BCUT2D eigenvalue weighted by Crippen LogP contribution is -2.49. The summed E-state index contributed by atoms with van der Waals surface area (Å²) in [5.74, 6) is -1.00. The first-order valence-corrected chi connectivity index (χ1v) is 9.73. The van der Waals surface area contributed by atoms with E-state index in [4.69, 9.17) is 28.4 Å². The number of amides is 1. The van der Waals surface area contributed by atoms with Crippen LogP contribution < -0.4 is 5.48 Å². The number of rotatable bonds is 6. The monoisotopic (exact) mass is 406 g/mol. The number of aryl methyl sites for hydroxylation is 1. The molecule has 25 heavy (non-hydrogen) atoms. The molecule has 0 saturated heterocycles. The number of hydroxylamine groups is 1. The maximum Gasteiger partial charge on any atom is 0.264 e. The van der Waals surface area contributed by atoms with Crippen LogP contribution >= 0.6 is 23.2 Å². The molecule has 0 unspecified atom stereocenters. The third-order valence-corrected chi connectivity index (χ3v) is 6.74. The SMILES string of the molecule is C[C@@](CCn1cc(-c2ccc(Cl)c(Cl)c2)nn1)(C(=O)NO)S(C)(=O)=O. The van der Waals surface area contributed by atoms with E-state index in [2.05, 4.69) is 10.3 Å². The zero-order valence-corrected chi connectivity index (χ0v) is 15.7. The van der Waals surface area contributed by atoms with Crippen molar-refractivity contribution in [2.24, 2.45) is 0 Å². The summed E-state index contributed by atoms with van der Waals surface area (Å²) in [6, 6.07) is 4.99. The van der Waals surface area contributed by atoms with Crippen molar-refractivity contribution in [3.8, 4) is 11.3 Å². The number of carbonyl (C=O) groups excluding carboxylic acids is 1. The molecule has 0 aliphatic rings. The van der Waals surface area contributed by atoms with Gasteiger partial charge in [-0.1, -0.05) is 34.5 Å². The molecule has 0 radical (unpaired) electrons. The summed E-state index contributed by atoms with van der Waals surface area (Å²) in [5.41, 5.74) is 2.61. The maximum atomic E-state index is 11.9. The highest BCUT2D eigenvalue weighted by Crippen LogP contribution is 2.27. The van der Waals surface area contributed by atoms with Crippen molar-refractivity contribution in [1.82, 2.24) is 20.5 Å². The highest BCUT2D eigenvalue weighted by Gasteiger charge is 2.43. The van der Waals surface area contributed by atoms with Crippen LogP contribution in [0.1, 0.15) is 13.3 Å². The third-order valence-electron chi connectivity index (χ3n) is 3.97. The van der Waals surface area contributed by atoms with Crippen LogP contribution in [0.4, 0.5) is 0 Å². The van der Waals surface area contributed by atoms with Gasteiger partial charge in [0.1, 0.15) is 5.69 Å². The summed E-state index contributed by atoms with van der Waals surface area (Å²) >= 11 is 11.8. The maximum absolute atomic E-state index is 11.9. The van der Waals surface area contributed by atoms with Crippen LogP contribution in [0, 0.1) is 0 Å². The van der Waals surface area contributed by atoms with E-state index < -0.39 is 20.5 Å². The Hall–Kier alpha value is -1.68. The predicted octanol–water partition coefficient (Wildman–Crippen LogP) is 1.95. The fourth-order valence-corrected chi connectivity index (χ4v) is 3.25. The summed E-state index contributed by atoms with van der Waals surface area (Å²) < 4.78 is 23.5. The lowest BCUT2D eigenvalue weighted by Gasteiger charge is -2.24. The van der Waals surface area contributed by atoms with Gasteiger partial charge in [0.25, 0.3) is 5.91 Å². The van der Waals surface area contributed by atoms with Crippen LogP contribution in [0.15, 0.2) is 24.4 Å². The molecule has 1 amide bonds. The van der Waals surface area contributed by atoms with Gasteiger partial charge in [-0.05, 0) is 25.5 Å². The Balaban J connectivity index is 2.20. The molecule has 8 nitrogen and oxygen atoms in total. The molecular formula is C14H16Cl2N4O4S. The first-order chi connectivity index (χ1) is 11.6. The second kappa shape index (κ2) is 7.28. The summed E-state index contributed by atoms with van der Waals surface area (Å²) in [4.78, 5) is 11.8. The molecule has 2 rings (SSSR count). The van der Waals surface area contributed by atoms with Crippen molar-refractivity contribution in [1.29, 1.82) is 0 Å². The van der Waals surface area contributed by atoms with E-state index in [0.29, 0.717) is 21.3 Å². The molecule has 1 aromatic heterocycles. The quantitative estimate of drug-likeness (QED) is 0.559. The minimum atomic E-state index is -3.77. The molecule has 1 atom stereocenters. The van der Waals surface area contributed by atoms with Crippen molar-refractivity contribution in [3.05, 3.63) is 34.4 Å². The zero-order chi connectivity index (χ0) is 18.8. The Kier molecular flexibility index (Phi) is 5.72. The fourth-order valence-electron chi connectivity index (χ4n) is 2.11. The number of benzene rings is 1. The molecule has 136 valence electrons. The van der Waals surface area contributed by atoms with Gasteiger partial charge in [-0.15, -0.1) is 5.10 Å². The first-order valence-electron chi connectivity index (χ1n) is 7.08. The Labute approximate surface area is 154 Å². The molecule has 2 aromatic rings. The zero-order valence-electron chi connectivity index (χ0n) is 13.4. The van der Waals surface area contributed by atoms with Crippen LogP contribution in [0.2, 0.25) is 10.0 Å². The van der Waals surface area contributed by atoms with Crippen LogP contribution in [-0.4, -0.2) is 45.5 Å². The van der Waals surface area contributed by atoms with Crippen LogP contribution in [-0.2, 0) is 21.2 Å². The Bertz CT molecular complexity index is 900. The van der Waals surface area contributed by atoms with E-state index in [-0.39, 0.29) is 13.0 Å². The second-order valence-corrected chi connectivity index (χ2v) is 8.95. The molecule has 2 N–H and O–H groups in total. The van der Waals surface area contributed by atoms with Gasteiger partial charge in [-0.25, -0.2) is 13.9 Å². The summed E-state index contributed by atoms with van der Waals surface area (Å²) in [6.07, 6.45) is 2.44. The van der Waals surface area contributed by atoms with Crippen molar-refractivity contribution in [3.63, 3.8) is 0 Å². The molecule has 1 heterocycles. The molecule has 0 fully saturated rings. The normalized spacial score (nSPS) is 14.1. The van der Waals surface area contributed by atoms with Gasteiger partial charge in [0, 0.05) is 18.4 Å². The van der Waals surface area contributed by atoms with Crippen molar-refractivity contribution in [2.75, 3.05) is 6.26 Å².